The lowest BCUT2D eigenvalue weighted by molar-refractivity contribution is 0.615. The maximum atomic E-state index is 5.32. The van der Waals surface area contributed by atoms with E-state index in [2.05, 4.69) is 15.6 Å². The largest absolute Gasteiger partial charge is 0.464 e. The molecule has 1 fully saturated rings. The highest BCUT2D eigenvalue weighted by Gasteiger charge is 2.19. The standard InChI is InChI=1S/C12H15N3O/c1-2-9(1)13-6-7-15-12-10-4-8-16-11(10)3-5-14-12/h3-5,8-9,13H,1-2,6-7H2,(H,14,15). The molecule has 0 amide bonds. The van der Waals surface area contributed by atoms with Crippen LogP contribution in [0.1, 0.15) is 12.8 Å². The zero-order chi connectivity index (χ0) is 10.8. The summed E-state index contributed by atoms with van der Waals surface area (Å²) in [7, 11) is 0. The molecular weight excluding hydrogens is 202 g/mol. The number of hydrogen-bond acceptors (Lipinski definition) is 4. The van der Waals surface area contributed by atoms with Crippen molar-refractivity contribution in [2.45, 2.75) is 18.9 Å². The summed E-state index contributed by atoms with van der Waals surface area (Å²) in [6.07, 6.45) is 6.12. The van der Waals surface area contributed by atoms with Crippen molar-refractivity contribution in [2.75, 3.05) is 18.4 Å². The van der Waals surface area contributed by atoms with Gasteiger partial charge in [0.15, 0.2) is 0 Å². The fourth-order valence-corrected chi connectivity index (χ4v) is 1.78. The van der Waals surface area contributed by atoms with Crippen LogP contribution in [0.3, 0.4) is 0 Å². The SMILES string of the molecule is c1cc2occc2c(NCCNC2CC2)n1. The van der Waals surface area contributed by atoms with Gasteiger partial charge in [0.1, 0.15) is 11.4 Å². The first kappa shape index (κ1) is 9.66. The molecule has 84 valence electrons. The van der Waals surface area contributed by atoms with Gasteiger partial charge in [0.2, 0.25) is 0 Å². The molecule has 0 unspecified atom stereocenters. The van der Waals surface area contributed by atoms with Gasteiger partial charge in [-0.25, -0.2) is 4.98 Å². The van der Waals surface area contributed by atoms with Crippen LogP contribution in [-0.4, -0.2) is 24.1 Å². The van der Waals surface area contributed by atoms with E-state index in [0.29, 0.717) is 0 Å². The predicted molar refractivity (Wildman–Crippen MR) is 63.5 cm³/mol. The van der Waals surface area contributed by atoms with Crippen LogP contribution in [0, 0.1) is 0 Å². The number of nitrogens with one attached hydrogen (secondary N) is 2. The number of nitrogens with zero attached hydrogens (tertiary/aromatic N) is 1. The Balaban J connectivity index is 1.61. The van der Waals surface area contributed by atoms with Crippen molar-refractivity contribution < 1.29 is 4.42 Å². The van der Waals surface area contributed by atoms with E-state index in [4.69, 9.17) is 4.42 Å². The highest BCUT2D eigenvalue weighted by Crippen LogP contribution is 2.21. The zero-order valence-corrected chi connectivity index (χ0v) is 9.07. The molecule has 0 saturated heterocycles. The molecule has 3 rings (SSSR count). The van der Waals surface area contributed by atoms with E-state index in [0.717, 1.165) is 35.9 Å². The number of anilines is 1. The van der Waals surface area contributed by atoms with Gasteiger partial charge in [-0.3, -0.25) is 0 Å². The summed E-state index contributed by atoms with van der Waals surface area (Å²) < 4.78 is 5.32. The molecule has 1 saturated carbocycles. The Labute approximate surface area is 94.0 Å². The third-order valence-electron chi connectivity index (χ3n) is 2.81. The third kappa shape index (κ3) is 2.02. The van der Waals surface area contributed by atoms with Gasteiger partial charge in [0, 0.05) is 25.3 Å². The average molecular weight is 217 g/mol. The number of hydrogen-bond donors (Lipinski definition) is 2. The summed E-state index contributed by atoms with van der Waals surface area (Å²) in [5.41, 5.74) is 0.882. The molecule has 0 aromatic carbocycles. The van der Waals surface area contributed by atoms with Crippen LogP contribution in [0.15, 0.2) is 29.0 Å². The van der Waals surface area contributed by atoms with Crippen LogP contribution < -0.4 is 10.6 Å². The van der Waals surface area contributed by atoms with Crippen molar-refractivity contribution >= 4 is 16.8 Å². The summed E-state index contributed by atoms with van der Waals surface area (Å²) in [6, 6.07) is 4.58. The summed E-state index contributed by atoms with van der Waals surface area (Å²) in [6.45, 7) is 1.88. The monoisotopic (exact) mass is 217 g/mol. The van der Waals surface area contributed by atoms with Crippen LogP contribution in [0.25, 0.3) is 11.0 Å². The summed E-state index contributed by atoms with van der Waals surface area (Å²) in [4.78, 5) is 4.31. The van der Waals surface area contributed by atoms with E-state index in [1.54, 1.807) is 12.5 Å². The molecule has 4 heteroatoms. The van der Waals surface area contributed by atoms with Crippen molar-refractivity contribution in [1.29, 1.82) is 0 Å². The van der Waals surface area contributed by atoms with Crippen molar-refractivity contribution in [3.8, 4) is 0 Å². The van der Waals surface area contributed by atoms with Crippen LogP contribution >= 0.6 is 0 Å². The second kappa shape index (κ2) is 4.14. The summed E-state index contributed by atoms with van der Waals surface area (Å²) in [5.74, 6) is 0.906. The van der Waals surface area contributed by atoms with E-state index >= 15 is 0 Å². The Morgan fingerprint density at radius 3 is 3.12 bits per heavy atom. The van der Waals surface area contributed by atoms with E-state index in [-0.39, 0.29) is 0 Å². The van der Waals surface area contributed by atoms with E-state index in [1.807, 2.05) is 12.1 Å². The second-order valence-electron chi connectivity index (χ2n) is 4.15. The normalized spacial score (nSPS) is 15.5. The van der Waals surface area contributed by atoms with Gasteiger partial charge in [-0.2, -0.15) is 0 Å². The first-order valence-corrected chi connectivity index (χ1v) is 5.73. The molecule has 0 aliphatic heterocycles. The molecule has 0 radical (unpaired) electrons. The minimum Gasteiger partial charge on any atom is -0.464 e. The predicted octanol–water partition coefficient (Wildman–Crippen LogP) is 1.99. The van der Waals surface area contributed by atoms with Gasteiger partial charge < -0.3 is 15.1 Å². The highest BCUT2D eigenvalue weighted by atomic mass is 16.3. The van der Waals surface area contributed by atoms with E-state index in [1.165, 1.54) is 12.8 Å². The summed E-state index contributed by atoms with van der Waals surface area (Å²) >= 11 is 0. The lowest BCUT2D eigenvalue weighted by Crippen LogP contribution is -2.24. The van der Waals surface area contributed by atoms with E-state index in [9.17, 15) is 0 Å². The molecule has 2 heterocycles. The van der Waals surface area contributed by atoms with Crippen molar-refractivity contribution in [1.82, 2.24) is 10.3 Å². The highest BCUT2D eigenvalue weighted by molar-refractivity contribution is 5.87. The van der Waals surface area contributed by atoms with E-state index < -0.39 is 0 Å². The van der Waals surface area contributed by atoms with Crippen molar-refractivity contribution in [3.05, 3.63) is 24.6 Å². The van der Waals surface area contributed by atoms with Crippen molar-refractivity contribution in [2.24, 2.45) is 0 Å². The van der Waals surface area contributed by atoms with Crippen LogP contribution in [0.2, 0.25) is 0 Å². The fourth-order valence-electron chi connectivity index (χ4n) is 1.78. The van der Waals surface area contributed by atoms with Gasteiger partial charge in [0.05, 0.1) is 11.6 Å². The lowest BCUT2D eigenvalue weighted by Gasteiger charge is -2.06. The molecule has 2 aromatic heterocycles. The number of rotatable bonds is 5. The summed E-state index contributed by atoms with van der Waals surface area (Å²) in [5, 5.41) is 7.83. The van der Waals surface area contributed by atoms with Gasteiger partial charge in [-0.15, -0.1) is 0 Å². The number of furan rings is 1. The molecule has 2 N–H and O–H groups in total. The van der Waals surface area contributed by atoms with Crippen LogP contribution in [0.5, 0.6) is 0 Å². The number of fused-ring (bicyclic) bond motifs is 1. The quantitative estimate of drug-likeness (QED) is 0.752. The van der Waals surface area contributed by atoms with Gasteiger partial charge in [-0.1, -0.05) is 0 Å². The number of pyridine rings is 1. The zero-order valence-electron chi connectivity index (χ0n) is 9.07. The van der Waals surface area contributed by atoms with Gasteiger partial charge in [0.25, 0.3) is 0 Å². The number of aromatic nitrogens is 1. The lowest BCUT2D eigenvalue weighted by atomic mass is 10.3. The Kier molecular flexibility index (Phi) is 2.50. The Morgan fingerprint density at radius 2 is 2.25 bits per heavy atom. The molecule has 0 spiro atoms. The van der Waals surface area contributed by atoms with Crippen LogP contribution in [0.4, 0.5) is 5.82 Å². The molecule has 0 bridgehead atoms. The van der Waals surface area contributed by atoms with Crippen molar-refractivity contribution in [3.63, 3.8) is 0 Å². The van der Waals surface area contributed by atoms with Crippen LogP contribution in [-0.2, 0) is 0 Å². The molecule has 1 aliphatic rings. The minimum atomic E-state index is 0.763. The Hall–Kier alpha value is -1.55. The first-order valence-electron chi connectivity index (χ1n) is 5.73. The maximum Gasteiger partial charge on any atom is 0.139 e. The van der Waals surface area contributed by atoms with Gasteiger partial charge >= 0.3 is 0 Å². The maximum absolute atomic E-state index is 5.32. The third-order valence-corrected chi connectivity index (χ3v) is 2.81. The Morgan fingerprint density at radius 1 is 1.31 bits per heavy atom. The topological polar surface area (TPSA) is 50.1 Å². The van der Waals surface area contributed by atoms with Gasteiger partial charge in [-0.05, 0) is 25.0 Å². The molecule has 2 aromatic rings. The fraction of sp³-hybridized carbons (Fsp3) is 0.417. The second-order valence-corrected chi connectivity index (χ2v) is 4.15. The molecule has 16 heavy (non-hydrogen) atoms. The minimum absolute atomic E-state index is 0.763. The molecule has 4 nitrogen and oxygen atoms in total. The average Bonchev–Trinajstić information content (AvgIpc) is 3.00. The Bertz CT molecular complexity index is 476. The molecule has 1 aliphatic carbocycles. The molecular formula is C12H15N3O. The smallest absolute Gasteiger partial charge is 0.139 e. The first-order chi connectivity index (χ1) is 7.93. The molecule has 0 atom stereocenters.